The van der Waals surface area contributed by atoms with E-state index in [1.54, 1.807) is 0 Å². The molecule has 0 fully saturated rings. The summed E-state index contributed by atoms with van der Waals surface area (Å²) in [5.41, 5.74) is 0.795. The molecule has 1 aromatic carbocycles. The number of aliphatic hydroxyl groups excluding tert-OH is 1. The number of aromatic nitrogens is 1. The van der Waals surface area contributed by atoms with Gasteiger partial charge in [0.15, 0.2) is 0 Å². The van der Waals surface area contributed by atoms with E-state index < -0.39 is 24.3 Å². The number of nitrogens with zero attached hydrogens (tertiary/aromatic N) is 1. The van der Waals surface area contributed by atoms with E-state index in [4.69, 9.17) is 4.74 Å². The van der Waals surface area contributed by atoms with Crippen LogP contribution >= 0.6 is 0 Å². The van der Waals surface area contributed by atoms with Crippen LogP contribution in [0.25, 0.3) is 0 Å². The number of pyridine rings is 1. The fraction of sp³-hybridized carbons (Fsp3) is 0.214. The van der Waals surface area contributed by atoms with Crippen LogP contribution in [0.1, 0.15) is 17.4 Å². The second kappa shape index (κ2) is 6.36. The van der Waals surface area contributed by atoms with E-state index in [1.807, 2.05) is 30.3 Å². The third kappa shape index (κ3) is 3.56. The summed E-state index contributed by atoms with van der Waals surface area (Å²) in [6.07, 6.45) is -0.0201. The van der Waals surface area contributed by atoms with Crippen molar-refractivity contribution < 1.29 is 18.6 Å². The Morgan fingerprint density at radius 1 is 1.21 bits per heavy atom. The summed E-state index contributed by atoms with van der Waals surface area (Å²) in [6, 6.07) is 9.99. The highest BCUT2D eigenvalue weighted by molar-refractivity contribution is 5.14. The van der Waals surface area contributed by atoms with Gasteiger partial charge in [-0.3, -0.25) is 4.98 Å². The van der Waals surface area contributed by atoms with Gasteiger partial charge in [0.25, 0.3) is 0 Å². The van der Waals surface area contributed by atoms with Gasteiger partial charge in [-0.25, -0.2) is 8.78 Å². The molecule has 1 aromatic heterocycles. The lowest BCUT2D eigenvalue weighted by Crippen LogP contribution is -2.13. The van der Waals surface area contributed by atoms with Gasteiger partial charge >= 0.3 is 0 Å². The van der Waals surface area contributed by atoms with Crippen LogP contribution in [0.4, 0.5) is 8.78 Å². The lowest BCUT2D eigenvalue weighted by Gasteiger charge is -2.15. The van der Waals surface area contributed by atoms with Crippen LogP contribution in [0.15, 0.2) is 42.6 Å². The highest BCUT2D eigenvalue weighted by Gasteiger charge is 2.18. The van der Waals surface area contributed by atoms with Gasteiger partial charge in [-0.15, -0.1) is 0 Å². The summed E-state index contributed by atoms with van der Waals surface area (Å²) in [4.78, 5) is 3.63. The zero-order valence-electron chi connectivity index (χ0n) is 10.1. The maximum atomic E-state index is 13.5. The SMILES string of the molecule is OC[C@@H](OCc1ccccc1)c1ncc(F)cc1F. The van der Waals surface area contributed by atoms with E-state index in [0.717, 1.165) is 17.8 Å². The average Bonchev–Trinajstić information content (AvgIpc) is 2.42. The van der Waals surface area contributed by atoms with E-state index in [2.05, 4.69) is 4.98 Å². The minimum Gasteiger partial charge on any atom is -0.393 e. The first-order valence-electron chi connectivity index (χ1n) is 5.78. The molecular weight excluding hydrogens is 252 g/mol. The van der Waals surface area contributed by atoms with Gasteiger partial charge in [0.2, 0.25) is 0 Å². The Hall–Kier alpha value is -1.85. The first-order chi connectivity index (χ1) is 9.20. The van der Waals surface area contributed by atoms with Gasteiger partial charge in [0.1, 0.15) is 23.4 Å². The highest BCUT2D eigenvalue weighted by atomic mass is 19.1. The molecule has 3 nitrogen and oxygen atoms in total. The topological polar surface area (TPSA) is 42.4 Å². The van der Waals surface area contributed by atoms with Crippen LogP contribution in [-0.2, 0) is 11.3 Å². The lowest BCUT2D eigenvalue weighted by atomic mass is 10.2. The van der Waals surface area contributed by atoms with E-state index in [-0.39, 0.29) is 12.3 Å². The van der Waals surface area contributed by atoms with Crippen molar-refractivity contribution in [2.24, 2.45) is 0 Å². The minimum absolute atomic E-state index is 0.0974. The standard InChI is InChI=1S/C14H13F2NO2/c15-11-6-12(16)14(17-7-11)13(8-18)19-9-10-4-2-1-3-5-10/h1-7,13,18H,8-9H2/t13-/m1/s1. The molecule has 2 rings (SSSR count). The smallest absolute Gasteiger partial charge is 0.150 e. The van der Waals surface area contributed by atoms with Crippen molar-refractivity contribution in [3.63, 3.8) is 0 Å². The summed E-state index contributed by atoms with van der Waals surface area (Å²) in [5.74, 6) is -1.59. The maximum Gasteiger partial charge on any atom is 0.150 e. The van der Waals surface area contributed by atoms with Crippen molar-refractivity contribution in [3.05, 3.63) is 65.5 Å². The van der Waals surface area contributed by atoms with Crippen LogP contribution in [0.5, 0.6) is 0 Å². The molecule has 5 heteroatoms. The molecule has 0 unspecified atom stereocenters. The number of hydrogen-bond donors (Lipinski definition) is 1. The predicted octanol–water partition coefficient (Wildman–Crippen LogP) is 2.61. The fourth-order valence-electron chi connectivity index (χ4n) is 1.65. The van der Waals surface area contributed by atoms with Gasteiger partial charge < -0.3 is 9.84 Å². The Morgan fingerprint density at radius 2 is 1.95 bits per heavy atom. The van der Waals surface area contributed by atoms with Gasteiger partial charge in [-0.1, -0.05) is 30.3 Å². The largest absolute Gasteiger partial charge is 0.393 e. The van der Waals surface area contributed by atoms with Crippen LogP contribution in [0.3, 0.4) is 0 Å². The zero-order chi connectivity index (χ0) is 13.7. The van der Waals surface area contributed by atoms with Crippen molar-refractivity contribution in [2.75, 3.05) is 6.61 Å². The molecule has 100 valence electrons. The first-order valence-corrected chi connectivity index (χ1v) is 5.78. The van der Waals surface area contributed by atoms with Crippen LogP contribution < -0.4 is 0 Å². The number of benzene rings is 1. The Labute approximate surface area is 109 Å². The summed E-state index contributed by atoms with van der Waals surface area (Å²) in [5, 5.41) is 9.23. The molecule has 0 aliphatic rings. The van der Waals surface area contributed by atoms with Crippen molar-refractivity contribution in [1.82, 2.24) is 4.98 Å². The Kier molecular flexibility index (Phi) is 4.54. The van der Waals surface area contributed by atoms with Crippen molar-refractivity contribution in [1.29, 1.82) is 0 Å². The molecular formula is C14H13F2NO2. The normalized spacial score (nSPS) is 12.4. The first kappa shape index (κ1) is 13.6. The van der Waals surface area contributed by atoms with Gasteiger partial charge in [-0.05, 0) is 5.56 Å². The zero-order valence-corrected chi connectivity index (χ0v) is 10.1. The monoisotopic (exact) mass is 265 g/mol. The molecule has 0 aliphatic heterocycles. The number of ether oxygens (including phenoxy) is 1. The molecule has 0 aliphatic carbocycles. The molecule has 0 radical (unpaired) electrons. The molecule has 0 bridgehead atoms. The molecule has 1 atom stereocenters. The second-order valence-electron chi connectivity index (χ2n) is 3.99. The summed E-state index contributed by atoms with van der Waals surface area (Å²) >= 11 is 0. The molecule has 19 heavy (non-hydrogen) atoms. The molecule has 1 N–H and O–H groups in total. The van der Waals surface area contributed by atoms with Gasteiger partial charge in [-0.2, -0.15) is 0 Å². The van der Waals surface area contributed by atoms with Crippen LogP contribution in [0.2, 0.25) is 0 Å². The maximum absolute atomic E-state index is 13.5. The van der Waals surface area contributed by atoms with Crippen LogP contribution in [0, 0.1) is 11.6 Å². The Balaban J connectivity index is 2.08. The van der Waals surface area contributed by atoms with E-state index >= 15 is 0 Å². The van der Waals surface area contributed by atoms with Crippen molar-refractivity contribution >= 4 is 0 Å². The molecule has 0 spiro atoms. The minimum atomic E-state index is -0.916. The third-order valence-electron chi connectivity index (χ3n) is 2.60. The quantitative estimate of drug-likeness (QED) is 0.903. The average molecular weight is 265 g/mol. The summed E-state index contributed by atoms with van der Waals surface area (Å²) in [7, 11) is 0. The number of hydrogen-bond acceptors (Lipinski definition) is 3. The van der Waals surface area contributed by atoms with Gasteiger partial charge in [0, 0.05) is 6.07 Å². The molecule has 0 saturated carbocycles. The number of aliphatic hydroxyl groups is 1. The summed E-state index contributed by atoms with van der Waals surface area (Å²) in [6.45, 7) is -0.215. The van der Waals surface area contributed by atoms with Crippen molar-refractivity contribution in [2.45, 2.75) is 12.7 Å². The van der Waals surface area contributed by atoms with Gasteiger partial charge in [0.05, 0.1) is 19.4 Å². The molecule has 2 aromatic rings. The van der Waals surface area contributed by atoms with Crippen LogP contribution in [-0.4, -0.2) is 16.7 Å². The van der Waals surface area contributed by atoms with E-state index in [1.165, 1.54) is 0 Å². The molecule has 1 heterocycles. The predicted molar refractivity (Wildman–Crippen MR) is 65.2 cm³/mol. The Bertz CT molecular complexity index is 534. The lowest BCUT2D eigenvalue weighted by molar-refractivity contribution is -0.00369. The second-order valence-corrected chi connectivity index (χ2v) is 3.99. The fourth-order valence-corrected chi connectivity index (χ4v) is 1.65. The van der Waals surface area contributed by atoms with Crippen molar-refractivity contribution in [3.8, 4) is 0 Å². The number of halogens is 2. The third-order valence-corrected chi connectivity index (χ3v) is 2.60. The molecule has 0 saturated heterocycles. The summed E-state index contributed by atoms with van der Waals surface area (Å²) < 4.78 is 31.7. The highest BCUT2D eigenvalue weighted by Crippen LogP contribution is 2.20. The number of rotatable bonds is 5. The van der Waals surface area contributed by atoms with E-state index in [9.17, 15) is 13.9 Å². The van der Waals surface area contributed by atoms with E-state index in [0.29, 0.717) is 0 Å². The molecule has 0 amide bonds. The Morgan fingerprint density at radius 3 is 2.58 bits per heavy atom.